The van der Waals surface area contributed by atoms with Gasteiger partial charge in [0.05, 0.1) is 12.2 Å². The lowest BCUT2D eigenvalue weighted by Crippen LogP contribution is -2.27. The lowest BCUT2D eigenvalue weighted by molar-refractivity contribution is -0.150. The fraction of sp³-hybridized carbons (Fsp3) is 0.333. The number of rotatable bonds is 5. The molecule has 1 aliphatic rings. The van der Waals surface area contributed by atoms with Crippen molar-refractivity contribution in [1.82, 2.24) is 5.16 Å². The molecule has 4 rings (SSSR count). The minimum Gasteiger partial charge on any atom is -0.508 e. The third-order valence-corrected chi connectivity index (χ3v) is 5.11. The smallest absolute Gasteiger partial charge is 0.319 e. The summed E-state index contributed by atoms with van der Waals surface area (Å²) in [7, 11) is 0. The van der Waals surface area contributed by atoms with E-state index in [0.717, 1.165) is 16.7 Å². The predicted octanol–water partition coefficient (Wildman–Crippen LogP) is 5.34. The molecule has 1 heterocycles. The highest BCUT2D eigenvalue weighted by Gasteiger charge is 2.58. The van der Waals surface area contributed by atoms with E-state index in [0.29, 0.717) is 30.9 Å². The number of esters is 1. The molecule has 1 saturated carbocycles. The molecule has 0 spiro atoms. The summed E-state index contributed by atoms with van der Waals surface area (Å²) in [5.74, 6) is 0.492. The van der Waals surface area contributed by atoms with Crippen LogP contribution in [0.25, 0.3) is 22.4 Å². The van der Waals surface area contributed by atoms with Gasteiger partial charge in [0.2, 0.25) is 0 Å². The number of ether oxygens (including phenoxy) is 1. The Balaban J connectivity index is 1.78. The highest BCUT2D eigenvalue weighted by atomic mass is 16.5. The van der Waals surface area contributed by atoms with Crippen molar-refractivity contribution >= 4 is 5.97 Å². The standard InChI is InChI=1S/C24H25NO4/c1-23(2,3)15-28-22(27)24(13-14-24)21-19(16-7-5-4-6-8-16)20(25-29-21)17-9-11-18(26)12-10-17/h4-12,26H,13-15H2,1-3H3. The van der Waals surface area contributed by atoms with Crippen LogP contribution < -0.4 is 0 Å². The van der Waals surface area contributed by atoms with E-state index in [1.165, 1.54) is 0 Å². The third-order valence-electron chi connectivity index (χ3n) is 5.11. The van der Waals surface area contributed by atoms with Crippen molar-refractivity contribution < 1.29 is 19.2 Å². The fourth-order valence-corrected chi connectivity index (χ4v) is 3.37. The Bertz CT molecular complexity index is 1010. The Labute approximate surface area is 170 Å². The summed E-state index contributed by atoms with van der Waals surface area (Å²) in [5, 5.41) is 14.0. The molecule has 0 amide bonds. The molecule has 5 nitrogen and oxygen atoms in total. The Morgan fingerprint density at radius 2 is 1.72 bits per heavy atom. The van der Waals surface area contributed by atoms with Crippen LogP contribution in [0, 0.1) is 5.41 Å². The molecule has 29 heavy (non-hydrogen) atoms. The average molecular weight is 391 g/mol. The number of phenolic OH excluding ortho intramolecular Hbond substituents is 1. The summed E-state index contributed by atoms with van der Waals surface area (Å²) < 4.78 is 11.5. The number of carbonyl (C=O) groups excluding carboxylic acids is 1. The molecule has 0 radical (unpaired) electrons. The molecule has 0 bridgehead atoms. The predicted molar refractivity (Wildman–Crippen MR) is 110 cm³/mol. The maximum Gasteiger partial charge on any atom is 0.319 e. The second-order valence-electron chi connectivity index (χ2n) is 8.87. The number of hydrogen-bond acceptors (Lipinski definition) is 5. The number of aromatic nitrogens is 1. The summed E-state index contributed by atoms with van der Waals surface area (Å²) in [6, 6.07) is 16.6. The maximum absolute atomic E-state index is 13.0. The molecule has 1 aliphatic carbocycles. The van der Waals surface area contributed by atoms with E-state index >= 15 is 0 Å². The number of benzene rings is 2. The molecular formula is C24H25NO4. The second-order valence-corrected chi connectivity index (χ2v) is 8.87. The Morgan fingerprint density at radius 1 is 1.07 bits per heavy atom. The quantitative estimate of drug-likeness (QED) is 0.595. The van der Waals surface area contributed by atoms with E-state index in [1.54, 1.807) is 24.3 Å². The first kappa shape index (κ1) is 19.2. The van der Waals surface area contributed by atoms with E-state index < -0.39 is 5.41 Å². The SMILES string of the molecule is CC(C)(C)COC(=O)C1(c2onc(-c3ccc(O)cc3)c2-c2ccccc2)CC1. The summed E-state index contributed by atoms with van der Waals surface area (Å²) in [5.41, 5.74) is 2.32. The van der Waals surface area contributed by atoms with Gasteiger partial charge in [0.25, 0.3) is 0 Å². The number of aromatic hydroxyl groups is 1. The van der Waals surface area contributed by atoms with Gasteiger partial charge in [-0.2, -0.15) is 0 Å². The summed E-state index contributed by atoms with van der Waals surface area (Å²) in [6.45, 7) is 6.46. The van der Waals surface area contributed by atoms with Crippen molar-refractivity contribution in [2.75, 3.05) is 6.61 Å². The molecule has 1 aromatic heterocycles. The number of carbonyl (C=O) groups is 1. The number of nitrogens with zero attached hydrogens (tertiary/aromatic N) is 1. The summed E-state index contributed by atoms with van der Waals surface area (Å²) >= 11 is 0. The van der Waals surface area contributed by atoms with Gasteiger partial charge in [-0.25, -0.2) is 0 Å². The molecule has 0 saturated heterocycles. The maximum atomic E-state index is 13.0. The molecule has 1 N–H and O–H groups in total. The van der Waals surface area contributed by atoms with Crippen molar-refractivity contribution in [3.63, 3.8) is 0 Å². The van der Waals surface area contributed by atoms with Crippen LogP contribution in [0.1, 0.15) is 39.4 Å². The minimum absolute atomic E-state index is 0.105. The molecule has 0 atom stereocenters. The van der Waals surface area contributed by atoms with Gasteiger partial charge in [0.15, 0.2) is 5.76 Å². The Hall–Kier alpha value is -3.08. The van der Waals surface area contributed by atoms with Crippen LogP contribution in [0.2, 0.25) is 0 Å². The molecule has 1 fully saturated rings. The van der Waals surface area contributed by atoms with Gasteiger partial charge in [-0.1, -0.05) is 56.3 Å². The summed E-state index contributed by atoms with van der Waals surface area (Å²) in [4.78, 5) is 13.0. The topological polar surface area (TPSA) is 72.6 Å². The highest BCUT2D eigenvalue weighted by molar-refractivity contribution is 5.92. The van der Waals surface area contributed by atoms with Crippen LogP contribution in [0.3, 0.4) is 0 Å². The second kappa shape index (κ2) is 7.07. The summed E-state index contributed by atoms with van der Waals surface area (Å²) in [6.07, 6.45) is 1.36. The van der Waals surface area contributed by atoms with Crippen molar-refractivity contribution in [2.24, 2.45) is 5.41 Å². The van der Waals surface area contributed by atoms with Crippen LogP contribution in [0.5, 0.6) is 5.75 Å². The van der Waals surface area contributed by atoms with Gasteiger partial charge < -0.3 is 14.4 Å². The first-order valence-corrected chi connectivity index (χ1v) is 9.82. The van der Waals surface area contributed by atoms with Crippen LogP contribution in [0.4, 0.5) is 0 Å². The zero-order valence-electron chi connectivity index (χ0n) is 16.9. The van der Waals surface area contributed by atoms with Crippen LogP contribution in [0.15, 0.2) is 59.1 Å². The van der Waals surface area contributed by atoms with E-state index in [1.807, 2.05) is 51.1 Å². The van der Waals surface area contributed by atoms with Crippen molar-refractivity contribution in [3.05, 3.63) is 60.4 Å². The largest absolute Gasteiger partial charge is 0.508 e. The number of hydrogen-bond donors (Lipinski definition) is 1. The molecular weight excluding hydrogens is 366 g/mol. The van der Waals surface area contributed by atoms with Crippen molar-refractivity contribution in [3.8, 4) is 28.1 Å². The third kappa shape index (κ3) is 3.77. The van der Waals surface area contributed by atoms with Gasteiger partial charge in [0.1, 0.15) is 16.9 Å². The first-order chi connectivity index (χ1) is 13.8. The van der Waals surface area contributed by atoms with Gasteiger partial charge >= 0.3 is 5.97 Å². The molecule has 0 unspecified atom stereocenters. The van der Waals surface area contributed by atoms with Gasteiger partial charge in [0, 0.05) is 5.56 Å². The molecule has 2 aromatic carbocycles. The average Bonchev–Trinajstić information content (AvgIpc) is 3.39. The van der Waals surface area contributed by atoms with Crippen molar-refractivity contribution in [2.45, 2.75) is 39.0 Å². The molecule has 3 aromatic rings. The fourth-order valence-electron chi connectivity index (χ4n) is 3.37. The zero-order valence-corrected chi connectivity index (χ0v) is 16.9. The van der Waals surface area contributed by atoms with E-state index in [9.17, 15) is 9.90 Å². The lowest BCUT2D eigenvalue weighted by Gasteiger charge is -2.20. The van der Waals surface area contributed by atoms with Gasteiger partial charge in [-0.3, -0.25) is 4.79 Å². The molecule has 150 valence electrons. The molecule has 0 aliphatic heterocycles. The van der Waals surface area contributed by atoms with E-state index in [4.69, 9.17) is 9.26 Å². The Morgan fingerprint density at radius 3 is 2.31 bits per heavy atom. The van der Waals surface area contributed by atoms with Crippen LogP contribution in [-0.4, -0.2) is 22.8 Å². The van der Waals surface area contributed by atoms with Gasteiger partial charge in [-0.05, 0) is 48.1 Å². The number of phenols is 1. The molecule has 5 heteroatoms. The zero-order chi connectivity index (χ0) is 20.6. The van der Waals surface area contributed by atoms with Crippen molar-refractivity contribution in [1.29, 1.82) is 0 Å². The normalized spacial score (nSPS) is 15.1. The van der Waals surface area contributed by atoms with E-state index in [2.05, 4.69) is 5.16 Å². The lowest BCUT2D eigenvalue weighted by atomic mass is 9.91. The van der Waals surface area contributed by atoms with Crippen LogP contribution >= 0.6 is 0 Å². The van der Waals surface area contributed by atoms with E-state index in [-0.39, 0.29) is 17.1 Å². The minimum atomic E-state index is -0.779. The Kier molecular flexibility index (Phi) is 4.69. The monoisotopic (exact) mass is 391 g/mol. The first-order valence-electron chi connectivity index (χ1n) is 9.82. The van der Waals surface area contributed by atoms with Gasteiger partial charge in [-0.15, -0.1) is 0 Å². The highest BCUT2D eigenvalue weighted by Crippen LogP contribution is 2.54. The van der Waals surface area contributed by atoms with Crippen LogP contribution in [-0.2, 0) is 14.9 Å².